The summed E-state index contributed by atoms with van der Waals surface area (Å²) >= 11 is 0. The third-order valence-corrected chi connectivity index (χ3v) is 2.69. The van der Waals surface area contributed by atoms with Gasteiger partial charge in [-0.15, -0.1) is 0 Å². The van der Waals surface area contributed by atoms with Gasteiger partial charge in [0.15, 0.2) is 6.29 Å². The first-order valence-corrected chi connectivity index (χ1v) is 6.12. The molecular weight excluding hydrogens is 243 g/mol. The van der Waals surface area contributed by atoms with Crippen molar-refractivity contribution in [1.29, 1.82) is 0 Å². The van der Waals surface area contributed by atoms with Crippen LogP contribution in [0.3, 0.4) is 0 Å². The Morgan fingerprint density at radius 3 is 2.47 bits per heavy atom. The highest BCUT2D eigenvalue weighted by Gasteiger charge is 2.10. The molecule has 0 aromatic heterocycles. The van der Waals surface area contributed by atoms with Gasteiger partial charge in [0, 0.05) is 17.2 Å². The van der Waals surface area contributed by atoms with E-state index in [1.807, 2.05) is 13.8 Å². The molecule has 0 unspecified atom stereocenters. The number of benzene rings is 2. The van der Waals surface area contributed by atoms with Crippen molar-refractivity contribution in [2.75, 3.05) is 0 Å². The molecule has 0 saturated heterocycles. The minimum absolute atomic E-state index is 0.00693. The zero-order chi connectivity index (χ0) is 13.8. The van der Waals surface area contributed by atoms with Gasteiger partial charge in [-0.05, 0) is 31.5 Å². The minimum atomic E-state index is -0.396. The smallest absolute Gasteiger partial charge is 0.150 e. The Morgan fingerprint density at radius 1 is 1.11 bits per heavy atom. The van der Waals surface area contributed by atoms with E-state index in [1.165, 1.54) is 6.07 Å². The van der Waals surface area contributed by atoms with Crippen LogP contribution in [-0.2, 0) is 0 Å². The number of carbonyl (C=O) groups is 1. The second kappa shape index (κ2) is 5.65. The van der Waals surface area contributed by atoms with E-state index >= 15 is 0 Å². The Bertz CT molecular complexity index is 591. The lowest BCUT2D eigenvalue weighted by Gasteiger charge is -2.12. The van der Waals surface area contributed by atoms with Gasteiger partial charge in [0.25, 0.3) is 0 Å². The van der Waals surface area contributed by atoms with Crippen LogP contribution < -0.4 is 4.74 Å². The molecule has 0 heterocycles. The molecule has 0 saturated carbocycles. The maximum absolute atomic E-state index is 14.1. The Balaban J connectivity index is 2.43. The first kappa shape index (κ1) is 13.3. The lowest BCUT2D eigenvalue weighted by atomic mass is 10.00. The van der Waals surface area contributed by atoms with Gasteiger partial charge in [0.2, 0.25) is 0 Å². The van der Waals surface area contributed by atoms with Crippen LogP contribution in [0.2, 0.25) is 0 Å². The summed E-state index contributed by atoms with van der Waals surface area (Å²) in [5.41, 5.74) is 1.46. The van der Waals surface area contributed by atoms with Crippen LogP contribution in [0.5, 0.6) is 5.75 Å². The van der Waals surface area contributed by atoms with Gasteiger partial charge in [-0.3, -0.25) is 4.79 Å². The summed E-state index contributed by atoms with van der Waals surface area (Å²) in [6.45, 7) is 3.76. The summed E-state index contributed by atoms with van der Waals surface area (Å²) in [5, 5.41) is 0. The fourth-order valence-corrected chi connectivity index (χ4v) is 1.90. The van der Waals surface area contributed by atoms with Crippen molar-refractivity contribution in [3.05, 3.63) is 53.8 Å². The second-order valence-electron chi connectivity index (χ2n) is 4.51. The van der Waals surface area contributed by atoms with Gasteiger partial charge in [-0.2, -0.15) is 0 Å². The molecule has 2 rings (SSSR count). The molecule has 0 N–H and O–H groups in total. The first-order chi connectivity index (χ1) is 9.11. The summed E-state index contributed by atoms with van der Waals surface area (Å²) < 4.78 is 19.5. The van der Waals surface area contributed by atoms with E-state index in [9.17, 15) is 9.18 Å². The molecule has 19 heavy (non-hydrogen) atoms. The zero-order valence-electron chi connectivity index (χ0n) is 10.9. The minimum Gasteiger partial charge on any atom is -0.491 e. The third-order valence-electron chi connectivity index (χ3n) is 2.69. The number of hydrogen-bond donors (Lipinski definition) is 0. The number of ether oxygens (including phenoxy) is 1. The SMILES string of the molecule is CC(C)Oc1ccc(-c2ccccc2C=O)c(F)c1. The highest BCUT2D eigenvalue weighted by atomic mass is 19.1. The maximum atomic E-state index is 14.1. The molecule has 3 heteroatoms. The first-order valence-electron chi connectivity index (χ1n) is 6.12. The van der Waals surface area contributed by atoms with Gasteiger partial charge in [0.05, 0.1) is 6.10 Å². The predicted molar refractivity (Wildman–Crippen MR) is 73.0 cm³/mol. The van der Waals surface area contributed by atoms with Crippen molar-refractivity contribution in [2.24, 2.45) is 0 Å². The second-order valence-corrected chi connectivity index (χ2v) is 4.51. The molecule has 0 atom stereocenters. The maximum Gasteiger partial charge on any atom is 0.150 e. The summed E-state index contributed by atoms with van der Waals surface area (Å²) in [6.07, 6.45) is 0.723. The molecule has 2 nitrogen and oxygen atoms in total. The van der Waals surface area contributed by atoms with E-state index in [1.54, 1.807) is 36.4 Å². The van der Waals surface area contributed by atoms with Gasteiger partial charge >= 0.3 is 0 Å². The number of rotatable bonds is 4. The van der Waals surface area contributed by atoms with Crippen LogP contribution in [0.25, 0.3) is 11.1 Å². The summed E-state index contributed by atoms with van der Waals surface area (Å²) in [4.78, 5) is 11.0. The van der Waals surface area contributed by atoms with E-state index in [2.05, 4.69) is 0 Å². The molecule has 0 spiro atoms. The highest BCUT2D eigenvalue weighted by Crippen LogP contribution is 2.28. The largest absolute Gasteiger partial charge is 0.491 e. The molecule has 98 valence electrons. The average molecular weight is 258 g/mol. The summed E-state index contributed by atoms with van der Waals surface area (Å²) in [5.74, 6) is 0.0901. The molecule has 0 aliphatic rings. The summed E-state index contributed by atoms with van der Waals surface area (Å²) in [7, 11) is 0. The zero-order valence-corrected chi connectivity index (χ0v) is 10.9. The average Bonchev–Trinajstić information content (AvgIpc) is 2.38. The predicted octanol–water partition coefficient (Wildman–Crippen LogP) is 4.09. The van der Waals surface area contributed by atoms with E-state index in [-0.39, 0.29) is 6.10 Å². The number of carbonyl (C=O) groups excluding carboxylic acids is 1. The monoisotopic (exact) mass is 258 g/mol. The van der Waals surface area contributed by atoms with Gasteiger partial charge < -0.3 is 4.74 Å². The number of aldehydes is 1. The van der Waals surface area contributed by atoms with Crippen molar-refractivity contribution < 1.29 is 13.9 Å². The van der Waals surface area contributed by atoms with Crippen LogP contribution in [0.4, 0.5) is 4.39 Å². The Hall–Kier alpha value is -2.16. The Labute approximate surface area is 111 Å². The van der Waals surface area contributed by atoms with Crippen LogP contribution in [-0.4, -0.2) is 12.4 Å². The molecule has 0 aliphatic heterocycles. The number of halogens is 1. The third kappa shape index (κ3) is 2.99. The van der Waals surface area contributed by atoms with Crippen molar-refractivity contribution in [3.8, 4) is 16.9 Å². The molecule has 0 radical (unpaired) electrons. The molecule has 0 fully saturated rings. The van der Waals surface area contributed by atoms with Crippen molar-refractivity contribution in [1.82, 2.24) is 0 Å². The fourth-order valence-electron chi connectivity index (χ4n) is 1.90. The van der Waals surface area contributed by atoms with Gasteiger partial charge in [0.1, 0.15) is 11.6 Å². The molecule has 2 aromatic rings. The normalized spacial score (nSPS) is 10.5. The molecular formula is C16H15FO2. The fraction of sp³-hybridized carbons (Fsp3) is 0.188. The van der Waals surface area contributed by atoms with Crippen molar-refractivity contribution >= 4 is 6.29 Å². The topological polar surface area (TPSA) is 26.3 Å². The van der Waals surface area contributed by atoms with Crippen LogP contribution in [0, 0.1) is 5.82 Å². The van der Waals surface area contributed by atoms with Crippen LogP contribution >= 0.6 is 0 Å². The quantitative estimate of drug-likeness (QED) is 0.772. The Kier molecular flexibility index (Phi) is 3.95. The lowest BCUT2D eigenvalue weighted by molar-refractivity contribution is 0.112. The van der Waals surface area contributed by atoms with Crippen molar-refractivity contribution in [3.63, 3.8) is 0 Å². The van der Waals surface area contributed by atoms with Crippen LogP contribution in [0.15, 0.2) is 42.5 Å². The lowest BCUT2D eigenvalue weighted by Crippen LogP contribution is -2.05. The van der Waals surface area contributed by atoms with Crippen molar-refractivity contribution in [2.45, 2.75) is 20.0 Å². The summed E-state index contributed by atoms with van der Waals surface area (Å²) in [6, 6.07) is 11.6. The standard InChI is InChI=1S/C16H15FO2/c1-11(2)19-13-7-8-15(16(17)9-13)14-6-4-3-5-12(14)10-18/h3-11H,1-2H3. The van der Waals surface area contributed by atoms with Crippen LogP contribution in [0.1, 0.15) is 24.2 Å². The molecule has 2 aromatic carbocycles. The van der Waals surface area contributed by atoms with Gasteiger partial charge in [-0.25, -0.2) is 4.39 Å². The van der Waals surface area contributed by atoms with E-state index < -0.39 is 5.82 Å². The molecule has 0 amide bonds. The van der Waals surface area contributed by atoms with Gasteiger partial charge in [-0.1, -0.05) is 24.3 Å². The molecule has 0 bridgehead atoms. The van der Waals surface area contributed by atoms with E-state index in [0.717, 1.165) is 6.29 Å². The van der Waals surface area contributed by atoms with E-state index in [4.69, 9.17) is 4.74 Å². The highest BCUT2D eigenvalue weighted by molar-refractivity contribution is 5.87. The van der Waals surface area contributed by atoms with E-state index in [0.29, 0.717) is 22.4 Å². The number of hydrogen-bond acceptors (Lipinski definition) is 2. The Morgan fingerprint density at radius 2 is 1.84 bits per heavy atom. The molecule has 0 aliphatic carbocycles.